The quantitative estimate of drug-likeness (QED) is 0.393. The molecule has 0 atom stereocenters. The number of carbonyl (C=O) groups excluding carboxylic acids is 1. The molecule has 0 unspecified atom stereocenters. The third-order valence-corrected chi connectivity index (χ3v) is 6.22. The number of nitrogens with zero attached hydrogens (tertiary/aromatic N) is 5. The van der Waals surface area contributed by atoms with Gasteiger partial charge in [-0.2, -0.15) is 0 Å². The first kappa shape index (κ1) is 22.0. The van der Waals surface area contributed by atoms with Gasteiger partial charge in [0.05, 0.1) is 18.7 Å². The molecule has 4 heterocycles. The molecule has 0 saturated carbocycles. The topological polar surface area (TPSA) is 93.9 Å². The van der Waals surface area contributed by atoms with Crippen molar-refractivity contribution in [1.29, 1.82) is 0 Å². The van der Waals surface area contributed by atoms with Crippen LogP contribution in [0.3, 0.4) is 0 Å². The predicted molar refractivity (Wildman–Crippen MR) is 136 cm³/mol. The zero-order valence-electron chi connectivity index (χ0n) is 19.7. The number of fused-ring (bicyclic) bond motifs is 2. The summed E-state index contributed by atoms with van der Waals surface area (Å²) in [6, 6.07) is 15.2. The number of aromatic nitrogens is 4. The number of anilines is 2. The number of aryl methyl sites for hydroxylation is 1. The van der Waals surface area contributed by atoms with E-state index in [4.69, 9.17) is 9.47 Å². The predicted octanol–water partition coefficient (Wildman–Crippen LogP) is 4.59. The van der Waals surface area contributed by atoms with Gasteiger partial charge in [-0.3, -0.25) is 4.79 Å². The molecule has 1 aliphatic rings. The highest BCUT2D eigenvalue weighted by Gasteiger charge is 2.19. The fraction of sp³-hybridized carbons (Fsp3) is 0.185. The third kappa shape index (κ3) is 4.32. The first-order valence-corrected chi connectivity index (χ1v) is 11.7. The number of ether oxygens (including phenoxy) is 2. The highest BCUT2D eigenvalue weighted by molar-refractivity contribution is 6.00. The van der Waals surface area contributed by atoms with Crippen LogP contribution in [0.4, 0.5) is 11.5 Å². The number of imidazole rings is 1. The lowest BCUT2D eigenvalue weighted by atomic mass is 10.1. The number of amides is 1. The van der Waals surface area contributed by atoms with Crippen molar-refractivity contribution in [3.8, 4) is 11.5 Å². The Labute approximate surface area is 207 Å². The molecule has 9 nitrogen and oxygen atoms in total. The number of rotatable bonds is 5. The molecule has 1 saturated heterocycles. The number of carbonyl (C=O) groups is 1. The third-order valence-electron chi connectivity index (χ3n) is 6.22. The van der Waals surface area contributed by atoms with E-state index in [1.165, 1.54) is 6.33 Å². The lowest BCUT2D eigenvalue weighted by Gasteiger charge is -2.27. The van der Waals surface area contributed by atoms with Crippen molar-refractivity contribution in [1.82, 2.24) is 24.3 Å². The SMILES string of the molecule is Cc1cc(Nc2ncnc3ccc(C(=O)N4CCOCC4)cc23)ccc1Oc1ccn2ccnc2c1. The van der Waals surface area contributed by atoms with Gasteiger partial charge in [-0.05, 0) is 55.0 Å². The second kappa shape index (κ2) is 9.27. The van der Waals surface area contributed by atoms with E-state index in [1.54, 1.807) is 6.20 Å². The van der Waals surface area contributed by atoms with Crippen molar-refractivity contribution in [2.45, 2.75) is 6.92 Å². The van der Waals surface area contributed by atoms with Gasteiger partial charge >= 0.3 is 0 Å². The Morgan fingerprint density at radius 2 is 1.89 bits per heavy atom. The van der Waals surface area contributed by atoms with Crippen LogP contribution in [0.5, 0.6) is 11.5 Å². The van der Waals surface area contributed by atoms with E-state index in [9.17, 15) is 4.79 Å². The maximum atomic E-state index is 13.0. The molecule has 3 aromatic heterocycles. The minimum atomic E-state index is -0.0131. The van der Waals surface area contributed by atoms with Crippen LogP contribution in [-0.4, -0.2) is 56.5 Å². The van der Waals surface area contributed by atoms with Crippen LogP contribution in [0.25, 0.3) is 16.6 Å². The Balaban J connectivity index is 1.24. The van der Waals surface area contributed by atoms with Gasteiger partial charge < -0.3 is 24.1 Å². The fourth-order valence-corrected chi connectivity index (χ4v) is 4.30. The second-order valence-corrected chi connectivity index (χ2v) is 8.62. The van der Waals surface area contributed by atoms with Crippen molar-refractivity contribution in [3.63, 3.8) is 0 Å². The number of morpholine rings is 1. The van der Waals surface area contributed by atoms with Crippen LogP contribution in [-0.2, 0) is 4.74 Å². The second-order valence-electron chi connectivity index (χ2n) is 8.62. The zero-order valence-corrected chi connectivity index (χ0v) is 19.7. The number of benzene rings is 2. The number of hydrogen-bond acceptors (Lipinski definition) is 7. The maximum Gasteiger partial charge on any atom is 0.254 e. The summed E-state index contributed by atoms with van der Waals surface area (Å²) in [7, 11) is 0. The van der Waals surface area contributed by atoms with Gasteiger partial charge in [-0.1, -0.05) is 0 Å². The molecule has 0 bridgehead atoms. The Kier molecular flexibility index (Phi) is 5.67. The molecule has 2 aromatic carbocycles. The summed E-state index contributed by atoms with van der Waals surface area (Å²) in [5.41, 5.74) is 4.01. The molecule has 9 heteroatoms. The highest BCUT2D eigenvalue weighted by atomic mass is 16.5. The summed E-state index contributed by atoms with van der Waals surface area (Å²) in [5, 5.41) is 4.16. The molecule has 1 N–H and O–H groups in total. The molecule has 180 valence electrons. The molecule has 6 rings (SSSR count). The first-order valence-electron chi connectivity index (χ1n) is 11.7. The van der Waals surface area contributed by atoms with Gasteiger partial charge in [0.1, 0.15) is 29.3 Å². The van der Waals surface area contributed by atoms with Gasteiger partial charge in [-0.25, -0.2) is 15.0 Å². The van der Waals surface area contributed by atoms with E-state index < -0.39 is 0 Å². The van der Waals surface area contributed by atoms with E-state index in [2.05, 4.69) is 20.3 Å². The van der Waals surface area contributed by atoms with Gasteiger partial charge in [0.25, 0.3) is 5.91 Å². The molecular weight excluding hydrogens is 456 g/mol. The first-order chi connectivity index (χ1) is 17.6. The summed E-state index contributed by atoms with van der Waals surface area (Å²) in [6.45, 7) is 4.30. The molecule has 0 radical (unpaired) electrons. The smallest absolute Gasteiger partial charge is 0.254 e. The van der Waals surface area contributed by atoms with Gasteiger partial charge in [0.15, 0.2) is 0 Å². The maximum absolute atomic E-state index is 13.0. The standard InChI is InChI=1S/C27H24N6O3/c1-18-14-20(3-5-24(18)36-21-6-8-32-9-7-28-25(32)16-21)31-26-22-15-19(2-4-23(22)29-17-30-26)27(34)33-10-12-35-13-11-33/h2-9,14-17H,10-13H2,1H3,(H,29,30,31). The minimum Gasteiger partial charge on any atom is -0.457 e. The summed E-state index contributed by atoms with van der Waals surface area (Å²) in [4.78, 5) is 27.9. The van der Waals surface area contributed by atoms with Gasteiger partial charge in [0, 0.05) is 54.4 Å². The van der Waals surface area contributed by atoms with Crippen molar-refractivity contribution < 1.29 is 14.3 Å². The van der Waals surface area contributed by atoms with E-state index in [0.717, 1.165) is 39.3 Å². The van der Waals surface area contributed by atoms with Crippen LogP contribution < -0.4 is 10.1 Å². The van der Waals surface area contributed by atoms with E-state index in [-0.39, 0.29) is 5.91 Å². The molecule has 1 amide bonds. The average molecular weight is 481 g/mol. The number of pyridine rings is 1. The Morgan fingerprint density at radius 1 is 1.00 bits per heavy atom. The summed E-state index contributed by atoms with van der Waals surface area (Å²) in [5.74, 6) is 2.09. The summed E-state index contributed by atoms with van der Waals surface area (Å²) < 4.78 is 13.4. The van der Waals surface area contributed by atoms with Gasteiger partial charge in [-0.15, -0.1) is 0 Å². The fourth-order valence-electron chi connectivity index (χ4n) is 4.30. The zero-order chi connectivity index (χ0) is 24.5. The molecule has 36 heavy (non-hydrogen) atoms. The monoisotopic (exact) mass is 480 g/mol. The summed E-state index contributed by atoms with van der Waals surface area (Å²) >= 11 is 0. The van der Waals surface area contributed by atoms with Crippen LogP contribution in [0.2, 0.25) is 0 Å². The summed E-state index contributed by atoms with van der Waals surface area (Å²) in [6.07, 6.45) is 7.08. The lowest BCUT2D eigenvalue weighted by molar-refractivity contribution is 0.0303. The van der Waals surface area contributed by atoms with E-state index in [0.29, 0.717) is 37.7 Å². The molecule has 0 aliphatic carbocycles. The van der Waals surface area contributed by atoms with Crippen LogP contribution >= 0.6 is 0 Å². The number of nitrogens with one attached hydrogen (secondary N) is 1. The average Bonchev–Trinajstić information content (AvgIpc) is 3.38. The number of hydrogen-bond donors (Lipinski definition) is 1. The van der Waals surface area contributed by atoms with E-state index in [1.807, 2.05) is 77.1 Å². The van der Waals surface area contributed by atoms with Crippen molar-refractivity contribution in [2.75, 3.05) is 31.6 Å². The Morgan fingerprint density at radius 3 is 2.75 bits per heavy atom. The van der Waals surface area contributed by atoms with Crippen molar-refractivity contribution >= 4 is 34.0 Å². The van der Waals surface area contributed by atoms with Crippen LogP contribution in [0.15, 0.2) is 73.4 Å². The normalized spacial score (nSPS) is 13.8. The highest BCUT2D eigenvalue weighted by Crippen LogP contribution is 2.30. The molecule has 0 spiro atoms. The van der Waals surface area contributed by atoms with Crippen molar-refractivity contribution in [3.05, 3.63) is 84.6 Å². The minimum absolute atomic E-state index is 0.0131. The Bertz CT molecular complexity index is 1570. The van der Waals surface area contributed by atoms with Crippen LogP contribution in [0, 0.1) is 6.92 Å². The lowest BCUT2D eigenvalue weighted by Crippen LogP contribution is -2.40. The molecule has 1 fully saturated rings. The molecular formula is C27H24N6O3. The molecule has 5 aromatic rings. The van der Waals surface area contributed by atoms with E-state index >= 15 is 0 Å². The largest absolute Gasteiger partial charge is 0.457 e. The Hall–Kier alpha value is -4.50. The van der Waals surface area contributed by atoms with Crippen molar-refractivity contribution in [2.24, 2.45) is 0 Å². The van der Waals surface area contributed by atoms with Crippen LogP contribution in [0.1, 0.15) is 15.9 Å². The molecule has 1 aliphatic heterocycles. The van der Waals surface area contributed by atoms with Gasteiger partial charge in [0.2, 0.25) is 0 Å².